The van der Waals surface area contributed by atoms with E-state index < -0.39 is 6.04 Å². The summed E-state index contributed by atoms with van der Waals surface area (Å²) >= 11 is 0. The van der Waals surface area contributed by atoms with E-state index in [9.17, 15) is 9.59 Å². The van der Waals surface area contributed by atoms with Gasteiger partial charge in [-0.1, -0.05) is 29.8 Å². The van der Waals surface area contributed by atoms with Gasteiger partial charge in [0.25, 0.3) is 5.56 Å². The Labute approximate surface area is 244 Å². The zero-order valence-corrected chi connectivity index (χ0v) is 23.9. The highest BCUT2D eigenvalue weighted by Gasteiger charge is 2.31. The molecule has 1 aliphatic heterocycles. The Morgan fingerprint density at radius 1 is 1.00 bits per heavy atom. The molecule has 8 heteroatoms. The van der Waals surface area contributed by atoms with Gasteiger partial charge in [-0.15, -0.1) is 0 Å². The second kappa shape index (κ2) is 11.2. The molecular weight excluding hydrogens is 526 g/mol. The number of hydrogen-bond donors (Lipinski definition) is 2. The van der Waals surface area contributed by atoms with Crippen LogP contribution in [-0.4, -0.2) is 39.5 Å². The van der Waals surface area contributed by atoms with E-state index in [0.29, 0.717) is 30.0 Å². The highest BCUT2D eigenvalue weighted by atomic mass is 16.5. The lowest BCUT2D eigenvalue weighted by atomic mass is 9.87. The number of nitrogens with zero attached hydrogens (tertiary/aromatic N) is 3. The van der Waals surface area contributed by atoms with Crippen LogP contribution < -0.4 is 20.9 Å². The number of Topliss-reactive ketones (excluding diaryl/α,β-unsaturated/α-hetero) is 1. The van der Waals surface area contributed by atoms with Gasteiger partial charge < -0.3 is 15.4 Å². The normalized spacial score (nSPS) is 19.3. The maximum absolute atomic E-state index is 14.2. The second-order valence-corrected chi connectivity index (χ2v) is 11.7. The smallest absolute Gasteiger partial charge is 0.260 e. The molecule has 2 aromatic carbocycles. The van der Waals surface area contributed by atoms with Gasteiger partial charge >= 0.3 is 0 Å². The van der Waals surface area contributed by atoms with Crippen molar-refractivity contribution in [2.24, 2.45) is 0 Å². The lowest BCUT2D eigenvalue weighted by Gasteiger charge is -2.27. The summed E-state index contributed by atoms with van der Waals surface area (Å²) in [6.45, 7) is 4.06. The van der Waals surface area contributed by atoms with Crippen molar-refractivity contribution in [2.75, 3.05) is 18.4 Å². The molecule has 4 aromatic rings. The van der Waals surface area contributed by atoms with E-state index in [4.69, 9.17) is 9.72 Å². The van der Waals surface area contributed by atoms with Crippen LogP contribution in [0.5, 0.6) is 5.75 Å². The Balaban J connectivity index is 1.25. The molecule has 0 bridgehead atoms. The molecular formula is C34H35N5O3. The fourth-order valence-corrected chi connectivity index (χ4v) is 6.59. The molecule has 2 N–H and O–H groups in total. The molecule has 2 aromatic heterocycles. The minimum Gasteiger partial charge on any atom is -0.490 e. The summed E-state index contributed by atoms with van der Waals surface area (Å²) in [6, 6.07) is 17.1. The monoisotopic (exact) mass is 561 g/mol. The van der Waals surface area contributed by atoms with E-state index in [2.05, 4.69) is 28.6 Å². The van der Waals surface area contributed by atoms with Crippen molar-refractivity contribution in [1.82, 2.24) is 19.9 Å². The number of allylic oxidation sites excluding steroid dienone is 2. The zero-order valence-electron chi connectivity index (χ0n) is 23.9. The van der Waals surface area contributed by atoms with Gasteiger partial charge in [-0.2, -0.15) is 4.98 Å². The van der Waals surface area contributed by atoms with Gasteiger partial charge in [-0.3, -0.25) is 14.2 Å². The van der Waals surface area contributed by atoms with Gasteiger partial charge in [0.2, 0.25) is 5.95 Å². The number of rotatable bonds is 6. The third-order valence-electron chi connectivity index (χ3n) is 8.87. The van der Waals surface area contributed by atoms with Gasteiger partial charge in [0.1, 0.15) is 23.5 Å². The number of piperidine rings is 1. The summed E-state index contributed by atoms with van der Waals surface area (Å²) in [5.74, 6) is 1.24. The topological polar surface area (TPSA) is 98.1 Å². The molecule has 0 saturated carbocycles. The SMILES string of the molecule is CC1=C(c2cc3cnc(Nc4ccc(OC5CCNCC5)cc4)nc3n(C3Cc4ccccc4CC3=O)c2=O)CCC1. The quantitative estimate of drug-likeness (QED) is 0.319. The van der Waals surface area contributed by atoms with Crippen molar-refractivity contribution in [2.45, 2.75) is 64.0 Å². The predicted octanol–water partition coefficient (Wildman–Crippen LogP) is 5.53. The van der Waals surface area contributed by atoms with Crippen LogP contribution in [0.3, 0.4) is 0 Å². The average Bonchev–Trinajstić information content (AvgIpc) is 3.44. The lowest BCUT2D eigenvalue weighted by molar-refractivity contribution is -0.122. The van der Waals surface area contributed by atoms with E-state index in [1.54, 1.807) is 10.8 Å². The Morgan fingerprint density at radius 2 is 1.79 bits per heavy atom. The van der Waals surface area contributed by atoms with Crippen LogP contribution in [0.15, 0.2) is 71.2 Å². The van der Waals surface area contributed by atoms with Gasteiger partial charge in [0, 0.05) is 35.7 Å². The van der Waals surface area contributed by atoms with E-state index in [-0.39, 0.29) is 17.4 Å². The summed E-state index contributed by atoms with van der Waals surface area (Å²) in [4.78, 5) is 37.2. The Morgan fingerprint density at radius 3 is 2.55 bits per heavy atom. The average molecular weight is 562 g/mol. The third kappa shape index (κ3) is 5.11. The van der Waals surface area contributed by atoms with Gasteiger partial charge in [0.05, 0.1) is 0 Å². The minimum absolute atomic E-state index is 0.0313. The van der Waals surface area contributed by atoms with Crippen molar-refractivity contribution in [1.29, 1.82) is 0 Å². The molecule has 1 unspecified atom stereocenters. The first-order valence-corrected chi connectivity index (χ1v) is 15.0. The first-order valence-electron chi connectivity index (χ1n) is 15.0. The number of nitrogens with one attached hydrogen (secondary N) is 2. The Hall–Kier alpha value is -4.30. The fourth-order valence-electron chi connectivity index (χ4n) is 6.59. The van der Waals surface area contributed by atoms with Gasteiger partial charge in [-0.25, -0.2) is 4.98 Å². The molecule has 7 rings (SSSR count). The van der Waals surface area contributed by atoms with Crippen molar-refractivity contribution in [3.05, 3.63) is 93.4 Å². The van der Waals surface area contributed by atoms with Crippen LogP contribution in [0.2, 0.25) is 0 Å². The highest BCUT2D eigenvalue weighted by molar-refractivity contribution is 5.90. The number of fused-ring (bicyclic) bond motifs is 2. The van der Waals surface area contributed by atoms with Crippen LogP contribution >= 0.6 is 0 Å². The van der Waals surface area contributed by atoms with E-state index in [1.165, 1.54) is 5.57 Å². The molecule has 2 aliphatic carbocycles. The number of ketones is 1. The summed E-state index contributed by atoms with van der Waals surface area (Å²) in [5, 5.41) is 7.39. The molecule has 3 aliphatic rings. The third-order valence-corrected chi connectivity index (χ3v) is 8.87. The van der Waals surface area contributed by atoms with Gasteiger partial charge in [0.15, 0.2) is 5.78 Å². The molecule has 1 atom stereocenters. The second-order valence-electron chi connectivity index (χ2n) is 11.7. The van der Waals surface area contributed by atoms with Gasteiger partial charge in [-0.05, 0) is 99.1 Å². The molecule has 8 nitrogen and oxygen atoms in total. The number of benzene rings is 2. The summed E-state index contributed by atoms with van der Waals surface area (Å²) in [6.07, 6.45) is 7.66. The van der Waals surface area contributed by atoms with Crippen LogP contribution in [0.1, 0.15) is 61.8 Å². The van der Waals surface area contributed by atoms with Crippen molar-refractivity contribution in [3.63, 3.8) is 0 Å². The van der Waals surface area contributed by atoms with Crippen molar-refractivity contribution < 1.29 is 9.53 Å². The molecule has 42 heavy (non-hydrogen) atoms. The number of aromatic nitrogens is 3. The largest absolute Gasteiger partial charge is 0.490 e. The molecule has 0 amide bonds. The predicted molar refractivity (Wildman–Crippen MR) is 164 cm³/mol. The number of pyridine rings is 1. The van der Waals surface area contributed by atoms with E-state index in [0.717, 1.165) is 78.7 Å². The van der Waals surface area contributed by atoms with E-state index in [1.807, 2.05) is 48.5 Å². The molecule has 1 fully saturated rings. The molecule has 214 valence electrons. The summed E-state index contributed by atoms with van der Waals surface area (Å²) < 4.78 is 7.78. The number of hydrogen-bond acceptors (Lipinski definition) is 7. The maximum Gasteiger partial charge on any atom is 0.260 e. The summed E-state index contributed by atoms with van der Waals surface area (Å²) in [5.41, 5.74) is 6.26. The molecule has 3 heterocycles. The fraction of sp³-hybridized carbons (Fsp3) is 0.353. The molecule has 0 radical (unpaired) electrons. The Bertz CT molecular complexity index is 1750. The Kier molecular flexibility index (Phi) is 7.07. The highest BCUT2D eigenvalue weighted by Crippen LogP contribution is 2.34. The maximum atomic E-state index is 14.2. The lowest BCUT2D eigenvalue weighted by Crippen LogP contribution is -2.37. The number of ether oxygens (including phenoxy) is 1. The first kappa shape index (κ1) is 26.6. The number of carbonyl (C=O) groups excluding carboxylic acids is 1. The van der Waals surface area contributed by atoms with E-state index >= 15 is 0 Å². The van der Waals surface area contributed by atoms with Crippen LogP contribution in [0, 0.1) is 0 Å². The number of anilines is 2. The van der Waals surface area contributed by atoms with Crippen molar-refractivity contribution >= 4 is 34.0 Å². The van der Waals surface area contributed by atoms with Crippen LogP contribution in [0.25, 0.3) is 16.6 Å². The standard InChI is InChI=1S/C34H35N5O3/c1-21-5-4-8-28(21)29-17-24-20-36-34(37-25-9-11-26(12-10-25)42-27-13-15-35-16-14-27)38-32(24)39(33(29)41)30-18-22-6-2-3-7-23(22)19-31(30)40/h2-3,6-7,9-12,17,20,27,30,35H,4-5,8,13-16,18-19H2,1H3,(H,36,37,38). The molecule has 0 spiro atoms. The zero-order chi connectivity index (χ0) is 28.6. The minimum atomic E-state index is -0.619. The number of carbonyl (C=O) groups is 1. The van der Waals surface area contributed by atoms with Crippen LogP contribution in [-0.2, 0) is 17.6 Å². The first-order chi connectivity index (χ1) is 20.5. The van der Waals surface area contributed by atoms with Crippen LogP contribution in [0.4, 0.5) is 11.6 Å². The molecule has 1 saturated heterocycles. The van der Waals surface area contributed by atoms with Crippen molar-refractivity contribution in [3.8, 4) is 5.75 Å². The summed E-state index contributed by atoms with van der Waals surface area (Å²) in [7, 11) is 0.